The molecule has 4 rings (SSSR count). The third-order valence-corrected chi connectivity index (χ3v) is 5.93. The van der Waals surface area contributed by atoms with Crippen LogP contribution in [0.15, 0.2) is 22.6 Å². The minimum atomic E-state index is 0.0139. The Labute approximate surface area is 154 Å². The number of aromatic amines is 1. The van der Waals surface area contributed by atoms with E-state index in [9.17, 15) is 4.79 Å². The zero-order chi connectivity index (χ0) is 18.3. The molecule has 2 aromatic rings. The van der Waals surface area contributed by atoms with Crippen LogP contribution < -0.4 is 0 Å². The number of aromatic nitrogens is 2. The average Bonchev–Trinajstić information content (AvgIpc) is 3.35. The summed E-state index contributed by atoms with van der Waals surface area (Å²) in [6.07, 6.45) is 4.75. The molecule has 26 heavy (non-hydrogen) atoms. The highest BCUT2D eigenvalue weighted by molar-refractivity contribution is 5.93. The SMILES string of the molecule is Cc1ccc(-c2cc(C(=O)N3CCCC(N4C(C)CCC4C)C3)n[nH]2)o1. The van der Waals surface area contributed by atoms with Gasteiger partial charge in [-0.1, -0.05) is 0 Å². The van der Waals surface area contributed by atoms with Gasteiger partial charge in [0.25, 0.3) is 5.91 Å². The smallest absolute Gasteiger partial charge is 0.274 e. The van der Waals surface area contributed by atoms with Gasteiger partial charge in [-0.15, -0.1) is 0 Å². The number of nitrogens with one attached hydrogen (secondary N) is 1. The van der Waals surface area contributed by atoms with Crippen LogP contribution in [0.25, 0.3) is 11.5 Å². The van der Waals surface area contributed by atoms with Gasteiger partial charge in [0.05, 0.1) is 0 Å². The van der Waals surface area contributed by atoms with Gasteiger partial charge in [-0.05, 0) is 58.6 Å². The van der Waals surface area contributed by atoms with Crippen molar-refractivity contribution in [2.45, 2.75) is 64.6 Å². The van der Waals surface area contributed by atoms with Crippen molar-refractivity contribution < 1.29 is 9.21 Å². The lowest BCUT2D eigenvalue weighted by Crippen LogP contribution is -2.52. The van der Waals surface area contributed by atoms with Crippen LogP contribution in [0.5, 0.6) is 0 Å². The lowest BCUT2D eigenvalue weighted by molar-refractivity contribution is 0.0482. The molecule has 3 atom stereocenters. The van der Waals surface area contributed by atoms with Gasteiger partial charge in [-0.3, -0.25) is 14.8 Å². The van der Waals surface area contributed by atoms with E-state index < -0.39 is 0 Å². The van der Waals surface area contributed by atoms with Crippen molar-refractivity contribution in [1.82, 2.24) is 20.0 Å². The van der Waals surface area contributed by atoms with Gasteiger partial charge >= 0.3 is 0 Å². The summed E-state index contributed by atoms with van der Waals surface area (Å²) in [6, 6.07) is 7.29. The third kappa shape index (κ3) is 3.18. The summed E-state index contributed by atoms with van der Waals surface area (Å²) in [5.74, 6) is 1.57. The van der Waals surface area contributed by atoms with Crippen LogP contribution in [0.3, 0.4) is 0 Å². The van der Waals surface area contributed by atoms with E-state index in [1.165, 1.54) is 19.3 Å². The fraction of sp³-hybridized carbons (Fsp3) is 0.600. The highest BCUT2D eigenvalue weighted by atomic mass is 16.3. The van der Waals surface area contributed by atoms with E-state index in [1.807, 2.05) is 24.0 Å². The summed E-state index contributed by atoms with van der Waals surface area (Å²) in [5.41, 5.74) is 1.22. The number of aryl methyl sites for hydroxylation is 1. The lowest BCUT2D eigenvalue weighted by atomic mass is 10.0. The molecule has 2 aromatic heterocycles. The van der Waals surface area contributed by atoms with E-state index in [0.29, 0.717) is 29.6 Å². The maximum absolute atomic E-state index is 13.0. The summed E-state index contributed by atoms with van der Waals surface area (Å²) in [4.78, 5) is 17.6. The molecule has 6 heteroatoms. The maximum atomic E-state index is 13.0. The van der Waals surface area contributed by atoms with Crippen molar-refractivity contribution in [1.29, 1.82) is 0 Å². The van der Waals surface area contributed by atoms with Crippen LogP contribution in [0.1, 0.15) is 55.8 Å². The topological polar surface area (TPSA) is 65.4 Å². The molecule has 2 aliphatic heterocycles. The fourth-order valence-corrected chi connectivity index (χ4v) is 4.62. The molecule has 1 N–H and O–H groups in total. The molecule has 0 aromatic carbocycles. The molecular formula is C20H28N4O2. The molecule has 0 saturated carbocycles. The molecule has 2 fully saturated rings. The number of amides is 1. The highest BCUT2D eigenvalue weighted by Gasteiger charge is 2.36. The van der Waals surface area contributed by atoms with Gasteiger partial charge in [-0.2, -0.15) is 5.10 Å². The quantitative estimate of drug-likeness (QED) is 0.915. The summed E-state index contributed by atoms with van der Waals surface area (Å²) < 4.78 is 5.61. The van der Waals surface area contributed by atoms with Gasteiger partial charge in [-0.25, -0.2) is 0 Å². The second-order valence-corrected chi connectivity index (χ2v) is 7.85. The van der Waals surface area contributed by atoms with E-state index in [4.69, 9.17) is 4.42 Å². The Morgan fingerprint density at radius 2 is 2.00 bits per heavy atom. The van der Waals surface area contributed by atoms with Crippen molar-refractivity contribution in [2.75, 3.05) is 13.1 Å². The van der Waals surface area contributed by atoms with E-state index in [1.54, 1.807) is 6.07 Å². The van der Waals surface area contributed by atoms with Crippen molar-refractivity contribution >= 4 is 5.91 Å². The zero-order valence-corrected chi connectivity index (χ0v) is 15.9. The van der Waals surface area contributed by atoms with Crippen LogP contribution in [0, 0.1) is 6.92 Å². The van der Waals surface area contributed by atoms with Crippen LogP contribution in [0.2, 0.25) is 0 Å². The van der Waals surface area contributed by atoms with Gasteiger partial charge in [0.2, 0.25) is 0 Å². The first-order chi connectivity index (χ1) is 12.5. The number of likely N-dealkylation sites (tertiary alicyclic amines) is 2. The van der Waals surface area contributed by atoms with Gasteiger partial charge in [0, 0.05) is 37.3 Å². The Bertz CT molecular complexity index is 770. The van der Waals surface area contributed by atoms with Crippen LogP contribution in [-0.2, 0) is 0 Å². The summed E-state index contributed by atoms with van der Waals surface area (Å²) in [6.45, 7) is 8.15. The minimum Gasteiger partial charge on any atom is -0.460 e. The molecule has 140 valence electrons. The minimum absolute atomic E-state index is 0.0139. The lowest BCUT2D eigenvalue weighted by Gasteiger charge is -2.41. The number of furan rings is 1. The number of hydrogen-bond acceptors (Lipinski definition) is 4. The van der Waals surface area contributed by atoms with Crippen LogP contribution >= 0.6 is 0 Å². The molecule has 2 aliphatic rings. The third-order valence-electron chi connectivity index (χ3n) is 5.93. The van der Waals surface area contributed by atoms with E-state index in [2.05, 4.69) is 28.9 Å². The van der Waals surface area contributed by atoms with E-state index in [-0.39, 0.29) is 5.91 Å². The summed E-state index contributed by atoms with van der Waals surface area (Å²) in [7, 11) is 0. The first-order valence-corrected chi connectivity index (χ1v) is 9.72. The van der Waals surface area contributed by atoms with Gasteiger partial charge < -0.3 is 9.32 Å². The fourth-order valence-electron chi connectivity index (χ4n) is 4.62. The second-order valence-electron chi connectivity index (χ2n) is 7.85. The van der Waals surface area contributed by atoms with E-state index in [0.717, 1.165) is 31.0 Å². The monoisotopic (exact) mass is 356 g/mol. The molecule has 2 saturated heterocycles. The molecule has 0 spiro atoms. The molecule has 1 amide bonds. The van der Waals surface area contributed by atoms with Crippen LogP contribution in [0.4, 0.5) is 0 Å². The largest absolute Gasteiger partial charge is 0.460 e. The number of piperidine rings is 1. The van der Waals surface area contributed by atoms with Crippen LogP contribution in [-0.4, -0.2) is 57.1 Å². The average molecular weight is 356 g/mol. The molecular weight excluding hydrogens is 328 g/mol. The summed E-state index contributed by atoms with van der Waals surface area (Å²) in [5, 5.41) is 7.17. The second kappa shape index (κ2) is 6.91. The molecule has 0 aliphatic carbocycles. The first-order valence-electron chi connectivity index (χ1n) is 9.72. The van der Waals surface area contributed by atoms with Crippen molar-refractivity contribution in [3.63, 3.8) is 0 Å². The standard InChI is InChI=1S/C20H28N4O2/c1-13-6-7-14(2)24(13)16-5-4-10-23(12-16)20(25)18-11-17(21-22-18)19-9-8-15(3)26-19/h8-9,11,13-14,16H,4-7,10,12H2,1-3H3,(H,21,22). The Kier molecular flexibility index (Phi) is 4.61. The Morgan fingerprint density at radius 1 is 1.23 bits per heavy atom. The molecule has 0 bridgehead atoms. The van der Waals surface area contributed by atoms with Crippen molar-refractivity contribution in [2.24, 2.45) is 0 Å². The molecule has 3 unspecified atom stereocenters. The van der Waals surface area contributed by atoms with E-state index >= 15 is 0 Å². The van der Waals surface area contributed by atoms with Crippen molar-refractivity contribution in [3.05, 3.63) is 29.7 Å². The first kappa shape index (κ1) is 17.3. The number of hydrogen-bond donors (Lipinski definition) is 1. The molecule has 0 radical (unpaired) electrons. The molecule has 4 heterocycles. The number of H-pyrrole nitrogens is 1. The number of carbonyl (C=O) groups is 1. The van der Waals surface area contributed by atoms with Gasteiger partial charge in [0.15, 0.2) is 11.5 Å². The normalized spacial score (nSPS) is 27.2. The predicted octanol–water partition coefficient (Wildman–Crippen LogP) is 3.46. The number of carbonyl (C=O) groups excluding carboxylic acids is 1. The number of nitrogens with zero attached hydrogens (tertiary/aromatic N) is 3. The predicted molar refractivity (Wildman–Crippen MR) is 99.9 cm³/mol. The Balaban J connectivity index is 1.47. The molecule has 6 nitrogen and oxygen atoms in total. The number of rotatable bonds is 3. The summed E-state index contributed by atoms with van der Waals surface area (Å²) >= 11 is 0. The maximum Gasteiger partial charge on any atom is 0.274 e. The van der Waals surface area contributed by atoms with Crippen molar-refractivity contribution in [3.8, 4) is 11.5 Å². The van der Waals surface area contributed by atoms with Gasteiger partial charge in [0.1, 0.15) is 11.5 Å². The highest BCUT2D eigenvalue weighted by Crippen LogP contribution is 2.30. The zero-order valence-electron chi connectivity index (χ0n) is 15.9. The Hall–Kier alpha value is -2.08. The Morgan fingerprint density at radius 3 is 2.69 bits per heavy atom.